The number of aryl methyl sites for hydroxylation is 1. The normalized spacial score (nSPS) is 11.3. The van der Waals surface area contributed by atoms with Crippen LogP contribution in [0.5, 0.6) is 5.75 Å². The molecular formula is C19H20ClNO. The Bertz CT molecular complexity index is 804. The van der Waals surface area contributed by atoms with Gasteiger partial charge in [-0.1, -0.05) is 29.8 Å². The standard InChI is InChI=1S/C19H20ClNO/c1-13(2)21-16(11-18-14(3)6-4-9-19(18)21)12-22-17-8-5-7-15(20)10-17/h4-11,13H,12H2,1-3H3. The van der Waals surface area contributed by atoms with Crippen LogP contribution in [0.1, 0.15) is 31.1 Å². The van der Waals surface area contributed by atoms with E-state index in [1.54, 1.807) is 0 Å². The van der Waals surface area contributed by atoms with Crippen LogP contribution in [-0.4, -0.2) is 4.57 Å². The van der Waals surface area contributed by atoms with Gasteiger partial charge in [-0.05, 0) is 56.7 Å². The van der Waals surface area contributed by atoms with Gasteiger partial charge in [0.1, 0.15) is 12.4 Å². The first-order valence-corrected chi connectivity index (χ1v) is 7.92. The number of rotatable bonds is 4. The number of hydrogen-bond acceptors (Lipinski definition) is 1. The fourth-order valence-corrected chi connectivity index (χ4v) is 3.07. The van der Waals surface area contributed by atoms with Gasteiger partial charge >= 0.3 is 0 Å². The molecule has 3 rings (SSSR count). The predicted molar refractivity (Wildman–Crippen MR) is 92.8 cm³/mol. The minimum absolute atomic E-state index is 0.386. The molecule has 3 heteroatoms. The van der Waals surface area contributed by atoms with E-state index in [2.05, 4.69) is 49.6 Å². The van der Waals surface area contributed by atoms with Crippen molar-refractivity contribution in [2.24, 2.45) is 0 Å². The molecule has 0 saturated carbocycles. The molecule has 114 valence electrons. The van der Waals surface area contributed by atoms with Gasteiger partial charge < -0.3 is 9.30 Å². The molecule has 0 atom stereocenters. The van der Waals surface area contributed by atoms with Crippen LogP contribution in [0.4, 0.5) is 0 Å². The molecule has 1 heterocycles. The second-order valence-corrected chi connectivity index (χ2v) is 6.29. The number of benzene rings is 2. The largest absolute Gasteiger partial charge is 0.487 e. The highest BCUT2D eigenvalue weighted by molar-refractivity contribution is 6.30. The summed E-state index contributed by atoms with van der Waals surface area (Å²) in [5.74, 6) is 0.796. The molecule has 22 heavy (non-hydrogen) atoms. The minimum Gasteiger partial charge on any atom is -0.487 e. The molecule has 0 aliphatic rings. The van der Waals surface area contributed by atoms with E-state index in [-0.39, 0.29) is 0 Å². The number of hydrogen-bond donors (Lipinski definition) is 0. The van der Waals surface area contributed by atoms with Gasteiger partial charge in [0, 0.05) is 22.0 Å². The van der Waals surface area contributed by atoms with E-state index in [0.717, 1.165) is 5.75 Å². The average molecular weight is 314 g/mol. The lowest BCUT2D eigenvalue weighted by molar-refractivity contribution is 0.293. The van der Waals surface area contributed by atoms with E-state index in [9.17, 15) is 0 Å². The van der Waals surface area contributed by atoms with E-state index in [1.807, 2.05) is 24.3 Å². The Morgan fingerprint density at radius 1 is 1.09 bits per heavy atom. The molecule has 0 bridgehead atoms. The zero-order chi connectivity index (χ0) is 15.7. The van der Waals surface area contributed by atoms with Gasteiger partial charge in [0.05, 0.1) is 5.69 Å². The van der Waals surface area contributed by atoms with Crippen LogP contribution in [0.2, 0.25) is 5.02 Å². The summed E-state index contributed by atoms with van der Waals surface area (Å²) in [4.78, 5) is 0. The highest BCUT2D eigenvalue weighted by Gasteiger charge is 2.13. The molecule has 0 unspecified atom stereocenters. The maximum atomic E-state index is 6.01. The van der Waals surface area contributed by atoms with Crippen LogP contribution in [0.15, 0.2) is 48.5 Å². The van der Waals surface area contributed by atoms with Gasteiger partial charge in [0.15, 0.2) is 0 Å². The first kappa shape index (κ1) is 15.0. The van der Waals surface area contributed by atoms with E-state index in [1.165, 1.54) is 22.2 Å². The molecule has 0 amide bonds. The van der Waals surface area contributed by atoms with Crippen LogP contribution in [0.25, 0.3) is 10.9 Å². The molecule has 0 aliphatic heterocycles. The molecule has 3 aromatic rings. The van der Waals surface area contributed by atoms with Gasteiger partial charge in [0.25, 0.3) is 0 Å². The first-order chi connectivity index (χ1) is 10.6. The molecule has 0 fully saturated rings. The summed E-state index contributed by atoms with van der Waals surface area (Å²) >= 11 is 6.01. The molecule has 2 aromatic carbocycles. The van der Waals surface area contributed by atoms with Crippen molar-refractivity contribution < 1.29 is 4.74 Å². The highest BCUT2D eigenvalue weighted by Crippen LogP contribution is 2.28. The van der Waals surface area contributed by atoms with Crippen LogP contribution in [-0.2, 0) is 6.61 Å². The van der Waals surface area contributed by atoms with Crippen molar-refractivity contribution >= 4 is 22.5 Å². The third-order valence-corrected chi connectivity index (χ3v) is 4.12. The Kier molecular flexibility index (Phi) is 4.12. The monoisotopic (exact) mass is 313 g/mol. The zero-order valence-electron chi connectivity index (χ0n) is 13.1. The summed E-state index contributed by atoms with van der Waals surface area (Å²) in [5.41, 5.74) is 3.74. The number of ether oxygens (including phenoxy) is 1. The smallest absolute Gasteiger partial charge is 0.128 e. The van der Waals surface area contributed by atoms with Crippen LogP contribution < -0.4 is 4.74 Å². The molecule has 0 radical (unpaired) electrons. The summed E-state index contributed by atoms with van der Waals surface area (Å²) in [6.45, 7) is 7.08. The predicted octanol–water partition coefficient (Wildman–Crippen LogP) is 5.76. The molecule has 2 nitrogen and oxygen atoms in total. The van der Waals surface area contributed by atoms with Gasteiger partial charge in [-0.2, -0.15) is 0 Å². The SMILES string of the molecule is Cc1cccc2c1cc(COc1cccc(Cl)c1)n2C(C)C. The van der Waals surface area contributed by atoms with E-state index in [4.69, 9.17) is 16.3 Å². The molecule has 0 spiro atoms. The van der Waals surface area contributed by atoms with Crippen molar-refractivity contribution in [3.8, 4) is 5.75 Å². The summed E-state index contributed by atoms with van der Waals surface area (Å²) in [7, 11) is 0. The second kappa shape index (κ2) is 6.05. The summed E-state index contributed by atoms with van der Waals surface area (Å²) in [5, 5.41) is 1.98. The zero-order valence-corrected chi connectivity index (χ0v) is 13.9. The van der Waals surface area contributed by atoms with Crippen LogP contribution in [0, 0.1) is 6.92 Å². The number of halogens is 1. The van der Waals surface area contributed by atoms with Crippen molar-refractivity contribution in [2.75, 3.05) is 0 Å². The third-order valence-electron chi connectivity index (χ3n) is 3.88. The van der Waals surface area contributed by atoms with Crippen molar-refractivity contribution in [2.45, 2.75) is 33.4 Å². The molecular weight excluding hydrogens is 294 g/mol. The lowest BCUT2D eigenvalue weighted by Gasteiger charge is -2.15. The van der Waals surface area contributed by atoms with E-state index in [0.29, 0.717) is 17.7 Å². The topological polar surface area (TPSA) is 14.2 Å². The first-order valence-electron chi connectivity index (χ1n) is 7.54. The maximum absolute atomic E-state index is 6.01. The molecule has 0 N–H and O–H groups in total. The van der Waals surface area contributed by atoms with Crippen molar-refractivity contribution in [3.05, 3.63) is 64.8 Å². The summed E-state index contributed by atoms with van der Waals surface area (Å²) in [6.07, 6.45) is 0. The second-order valence-electron chi connectivity index (χ2n) is 5.85. The van der Waals surface area contributed by atoms with Gasteiger partial charge in [-0.3, -0.25) is 0 Å². The minimum atomic E-state index is 0.386. The van der Waals surface area contributed by atoms with Gasteiger partial charge in [-0.25, -0.2) is 0 Å². The van der Waals surface area contributed by atoms with Crippen LogP contribution in [0.3, 0.4) is 0 Å². The third kappa shape index (κ3) is 2.84. The summed E-state index contributed by atoms with van der Waals surface area (Å²) < 4.78 is 8.27. The number of aromatic nitrogens is 1. The lowest BCUT2D eigenvalue weighted by atomic mass is 10.1. The van der Waals surface area contributed by atoms with E-state index >= 15 is 0 Å². The Labute approximate surface area is 136 Å². The lowest BCUT2D eigenvalue weighted by Crippen LogP contribution is -2.08. The molecule has 0 saturated heterocycles. The van der Waals surface area contributed by atoms with Crippen molar-refractivity contribution in [3.63, 3.8) is 0 Å². The van der Waals surface area contributed by atoms with Crippen LogP contribution >= 0.6 is 11.6 Å². The Morgan fingerprint density at radius 2 is 1.86 bits per heavy atom. The van der Waals surface area contributed by atoms with Gasteiger partial charge in [-0.15, -0.1) is 0 Å². The van der Waals surface area contributed by atoms with Gasteiger partial charge in [0.2, 0.25) is 0 Å². The Morgan fingerprint density at radius 3 is 2.59 bits per heavy atom. The molecule has 0 aliphatic carbocycles. The highest BCUT2D eigenvalue weighted by atomic mass is 35.5. The van der Waals surface area contributed by atoms with Crippen molar-refractivity contribution in [1.29, 1.82) is 0 Å². The average Bonchev–Trinajstić information content (AvgIpc) is 2.85. The number of nitrogens with zero attached hydrogens (tertiary/aromatic N) is 1. The number of fused-ring (bicyclic) bond motifs is 1. The van der Waals surface area contributed by atoms with E-state index < -0.39 is 0 Å². The Balaban J connectivity index is 1.96. The quantitative estimate of drug-likeness (QED) is 0.597. The summed E-state index contributed by atoms with van der Waals surface area (Å²) in [6, 6.07) is 16.6. The van der Waals surface area contributed by atoms with Crippen molar-refractivity contribution in [1.82, 2.24) is 4.57 Å². The molecule has 1 aromatic heterocycles. The fraction of sp³-hybridized carbons (Fsp3) is 0.263. The fourth-order valence-electron chi connectivity index (χ4n) is 2.89. The maximum Gasteiger partial charge on any atom is 0.128 e. The Hall–Kier alpha value is -1.93.